The summed E-state index contributed by atoms with van der Waals surface area (Å²) in [6.07, 6.45) is 2.96. The summed E-state index contributed by atoms with van der Waals surface area (Å²) in [6.45, 7) is 4.96. The van der Waals surface area contributed by atoms with Crippen LogP contribution in [0.5, 0.6) is 0 Å². The van der Waals surface area contributed by atoms with Gasteiger partial charge in [-0.15, -0.1) is 24.0 Å². The maximum absolute atomic E-state index is 12.9. The molecule has 1 aliphatic rings. The summed E-state index contributed by atoms with van der Waals surface area (Å²) in [4.78, 5) is 2.45. The number of hydrogen-bond donors (Lipinski definition) is 1. The molecule has 2 aromatic carbocycles. The summed E-state index contributed by atoms with van der Waals surface area (Å²) >= 11 is 0. The van der Waals surface area contributed by atoms with Crippen LogP contribution in [0.15, 0.2) is 54.6 Å². The third-order valence-corrected chi connectivity index (χ3v) is 5.37. The lowest BCUT2D eigenvalue weighted by Crippen LogP contribution is -2.42. The summed E-state index contributed by atoms with van der Waals surface area (Å²) in [7, 11) is 0. The number of hydrogen-bond acceptors (Lipinski definition) is 2. The SMILES string of the molecule is CC(O)(c1ccccc1)C1CCN(CCc2ccc(F)cc2)CC1.I. The van der Waals surface area contributed by atoms with E-state index >= 15 is 0 Å². The van der Waals surface area contributed by atoms with Gasteiger partial charge >= 0.3 is 0 Å². The van der Waals surface area contributed by atoms with E-state index in [-0.39, 0.29) is 29.8 Å². The van der Waals surface area contributed by atoms with Crippen LogP contribution in [0.3, 0.4) is 0 Å². The van der Waals surface area contributed by atoms with Gasteiger partial charge in [0.15, 0.2) is 0 Å². The third-order valence-electron chi connectivity index (χ3n) is 5.37. The molecular formula is C21H27FINO. The van der Waals surface area contributed by atoms with Crippen LogP contribution in [-0.4, -0.2) is 29.6 Å². The Hall–Kier alpha value is -0.980. The van der Waals surface area contributed by atoms with Crippen LogP contribution in [0, 0.1) is 11.7 Å². The van der Waals surface area contributed by atoms with Crippen molar-refractivity contribution in [1.82, 2.24) is 4.90 Å². The van der Waals surface area contributed by atoms with Crippen molar-refractivity contribution in [2.24, 2.45) is 5.92 Å². The van der Waals surface area contributed by atoms with Crippen LogP contribution in [0.25, 0.3) is 0 Å². The van der Waals surface area contributed by atoms with E-state index in [0.717, 1.165) is 44.5 Å². The lowest BCUT2D eigenvalue weighted by atomic mass is 9.77. The van der Waals surface area contributed by atoms with Crippen LogP contribution in [0.2, 0.25) is 0 Å². The van der Waals surface area contributed by atoms with Gasteiger partial charge in [-0.2, -0.15) is 0 Å². The second kappa shape index (κ2) is 9.10. The Balaban J connectivity index is 0.00000225. The summed E-state index contributed by atoms with van der Waals surface area (Å²) in [5.74, 6) is 0.115. The van der Waals surface area contributed by atoms with Crippen molar-refractivity contribution in [3.63, 3.8) is 0 Å². The molecule has 1 unspecified atom stereocenters. The summed E-state index contributed by atoms with van der Waals surface area (Å²) in [5.41, 5.74) is 1.43. The average Bonchev–Trinajstić information content (AvgIpc) is 2.62. The molecule has 3 rings (SSSR count). The standard InChI is InChI=1S/C21H26FNO.HI/c1-21(24,18-5-3-2-4-6-18)19-12-15-23(16-13-19)14-11-17-7-9-20(22)10-8-17;/h2-10,19,24H,11-16H2,1H3;1H. The second-order valence-electron chi connectivity index (χ2n) is 7.01. The number of piperidine rings is 1. The van der Waals surface area contributed by atoms with Crippen LogP contribution >= 0.6 is 24.0 Å². The molecule has 1 N–H and O–H groups in total. The predicted molar refractivity (Wildman–Crippen MR) is 111 cm³/mol. The zero-order valence-electron chi connectivity index (χ0n) is 14.7. The fourth-order valence-electron chi connectivity index (χ4n) is 3.67. The normalized spacial score (nSPS) is 18.4. The largest absolute Gasteiger partial charge is 0.385 e. The first-order valence-corrected chi connectivity index (χ1v) is 8.80. The van der Waals surface area contributed by atoms with E-state index in [0.29, 0.717) is 5.92 Å². The fraction of sp³-hybridized carbons (Fsp3) is 0.429. The zero-order chi connectivity index (χ0) is 17.0. The third kappa shape index (κ3) is 5.25. The molecule has 0 saturated carbocycles. The molecule has 1 saturated heterocycles. The smallest absolute Gasteiger partial charge is 0.123 e. The molecule has 1 fully saturated rings. The Morgan fingerprint density at radius 3 is 2.24 bits per heavy atom. The molecule has 1 atom stereocenters. The van der Waals surface area contributed by atoms with Gasteiger partial charge < -0.3 is 10.0 Å². The van der Waals surface area contributed by atoms with Crippen molar-refractivity contribution in [3.05, 3.63) is 71.5 Å². The molecule has 0 aliphatic carbocycles. The molecule has 4 heteroatoms. The van der Waals surface area contributed by atoms with Gasteiger partial charge in [0.1, 0.15) is 5.82 Å². The van der Waals surface area contributed by atoms with Crippen molar-refractivity contribution in [1.29, 1.82) is 0 Å². The number of aliphatic hydroxyl groups is 1. The predicted octanol–water partition coefficient (Wildman–Crippen LogP) is 4.61. The summed E-state index contributed by atoms with van der Waals surface area (Å²) in [5, 5.41) is 11.0. The quantitative estimate of drug-likeness (QED) is 0.666. The Morgan fingerprint density at radius 2 is 1.64 bits per heavy atom. The Morgan fingerprint density at radius 1 is 1.04 bits per heavy atom. The lowest BCUT2D eigenvalue weighted by molar-refractivity contribution is -0.0328. The van der Waals surface area contributed by atoms with Crippen molar-refractivity contribution < 1.29 is 9.50 Å². The molecule has 0 bridgehead atoms. The van der Waals surface area contributed by atoms with Gasteiger partial charge in [0.25, 0.3) is 0 Å². The lowest BCUT2D eigenvalue weighted by Gasteiger charge is -2.40. The minimum atomic E-state index is -0.760. The van der Waals surface area contributed by atoms with Crippen LogP contribution < -0.4 is 0 Å². The van der Waals surface area contributed by atoms with E-state index in [4.69, 9.17) is 0 Å². The van der Waals surface area contributed by atoms with Gasteiger partial charge in [0.05, 0.1) is 5.60 Å². The highest BCUT2D eigenvalue weighted by molar-refractivity contribution is 14.0. The van der Waals surface area contributed by atoms with Crippen molar-refractivity contribution in [3.8, 4) is 0 Å². The number of rotatable bonds is 5. The number of likely N-dealkylation sites (tertiary alicyclic amines) is 1. The maximum Gasteiger partial charge on any atom is 0.123 e. The minimum Gasteiger partial charge on any atom is -0.385 e. The Bertz CT molecular complexity index is 637. The van der Waals surface area contributed by atoms with E-state index in [1.807, 2.05) is 49.4 Å². The molecule has 0 aromatic heterocycles. The van der Waals surface area contributed by atoms with Gasteiger partial charge in [-0.25, -0.2) is 4.39 Å². The van der Waals surface area contributed by atoms with Crippen LogP contribution in [0.1, 0.15) is 30.9 Å². The molecule has 136 valence electrons. The highest BCUT2D eigenvalue weighted by Crippen LogP contribution is 2.36. The molecule has 25 heavy (non-hydrogen) atoms. The highest BCUT2D eigenvalue weighted by Gasteiger charge is 2.35. The van der Waals surface area contributed by atoms with Gasteiger partial charge in [0, 0.05) is 6.54 Å². The van der Waals surface area contributed by atoms with E-state index in [1.54, 1.807) is 0 Å². The van der Waals surface area contributed by atoms with Gasteiger partial charge in [-0.05, 0) is 68.5 Å². The Kier molecular flexibility index (Phi) is 7.40. The molecule has 2 aromatic rings. The first-order valence-electron chi connectivity index (χ1n) is 8.80. The van der Waals surface area contributed by atoms with Gasteiger partial charge in [0.2, 0.25) is 0 Å². The molecule has 1 heterocycles. The highest BCUT2D eigenvalue weighted by atomic mass is 127. The number of halogens is 2. The molecular weight excluding hydrogens is 428 g/mol. The Labute approximate surface area is 167 Å². The number of benzene rings is 2. The van der Waals surface area contributed by atoms with Gasteiger partial charge in [-0.1, -0.05) is 42.5 Å². The van der Waals surface area contributed by atoms with Crippen molar-refractivity contribution >= 4 is 24.0 Å². The molecule has 0 radical (unpaired) electrons. The topological polar surface area (TPSA) is 23.5 Å². The van der Waals surface area contributed by atoms with Crippen molar-refractivity contribution in [2.75, 3.05) is 19.6 Å². The van der Waals surface area contributed by atoms with E-state index < -0.39 is 5.60 Å². The average molecular weight is 455 g/mol. The van der Waals surface area contributed by atoms with Gasteiger partial charge in [-0.3, -0.25) is 0 Å². The molecule has 0 spiro atoms. The van der Waals surface area contributed by atoms with Crippen LogP contribution in [0.4, 0.5) is 4.39 Å². The van der Waals surface area contributed by atoms with E-state index in [1.165, 1.54) is 17.7 Å². The first-order chi connectivity index (χ1) is 11.6. The maximum atomic E-state index is 12.9. The second-order valence-corrected chi connectivity index (χ2v) is 7.01. The summed E-state index contributed by atoms with van der Waals surface area (Å²) < 4.78 is 12.9. The fourth-order valence-corrected chi connectivity index (χ4v) is 3.67. The molecule has 1 aliphatic heterocycles. The molecule has 0 amide bonds. The van der Waals surface area contributed by atoms with Crippen LogP contribution in [-0.2, 0) is 12.0 Å². The monoisotopic (exact) mass is 455 g/mol. The number of nitrogens with zero attached hydrogens (tertiary/aromatic N) is 1. The summed E-state index contributed by atoms with van der Waals surface area (Å²) in [6, 6.07) is 16.8. The first kappa shape index (κ1) is 20.3. The van der Waals surface area contributed by atoms with E-state index in [9.17, 15) is 9.50 Å². The minimum absolute atomic E-state index is 0. The van der Waals surface area contributed by atoms with Crippen molar-refractivity contribution in [2.45, 2.75) is 31.8 Å². The zero-order valence-corrected chi connectivity index (χ0v) is 17.0. The molecule has 2 nitrogen and oxygen atoms in total. The van der Waals surface area contributed by atoms with E-state index in [2.05, 4.69) is 4.90 Å².